The van der Waals surface area contributed by atoms with Gasteiger partial charge in [-0.2, -0.15) is 0 Å². The van der Waals surface area contributed by atoms with Gasteiger partial charge < -0.3 is 24.1 Å². The maximum absolute atomic E-state index is 14.7. The average molecular weight is 485 g/mol. The number of carbonyl (C=O) groups excluding carboxylic acids is 1. The molecule has 0 saturated heterocycles. The van der Waals surface area contributed by atoms with E-state index in [1.807, 2.05) is 4.57 Å². The molecule has 0 unspecified atom stereocenters. The number of benzene rings is 2. The van der Waals surface area contributed by atoms with Crippen molar-refractivity contribution in [3.8, 4) is 28.6 Å². The smallest absolute Gasteiger partial charge is 0.327 e. The molecule has 0 spiro atoms. The van der Waals surface area contributed by atoms with E-state index in [9.17, 15) is 19.3 Å². The summed E-state index contributed by atoms with van der Waals surface area (Å²) in [7, 11) is 3.81. The number of halogens is 1. The van der Waals surface area contributed by atoms with Crippen molar-refractivity contribution in [3.63, 3.8) is 0 Å². The zero-order chi connectivity index (χ0) is 25.1. The molecule has 35 heavy (non-hydrogen) atoms. The monoisotopic (exact) mass is 485 g/mol. The number of ether oxygens (including phenoxy) is 3. The molecular weight excluding hydrogens is 461 g/mol. The molecule has 4 rings (SSSR count). The van der Waals surface area contributed by atoms with Crippen LogP contribution in [-0.2, 0) is 13.0 Å². The number of nitro groups is 1. The molecule has 1 amide bonds. The molecule has 1 N–H and O–H groups in total. The van der Waals surface area contributed by atoms with Crippen molar-refractivity contribution >= 4 is 17.3 Å². The molecule has 0 saturated carbocycles. The lowest BCUT2D eigenvalue weighted by Crippen LogP contribution is -2.16. The number of hydrogen-bond acceptors (Lipinski definition) is 8. The van der Waals surface area contributed by atoms with Gasteiger partial charge in [0.05, 0.1) is 31.9 Å². The fraction of sp³-hybridized carbons (Fsp3) is 0.348. The van der Waals surface area contributed by atoms with Gasteiger partial charge in [-0.25, -0.2) is 4.39 Å². The van der Waals surface area contributed by atoms with E-state index in [0.717, 1.165) is 44.1 Å². The zero-order valence-electron chi connectivity index (χ0n) is 19.5. The second-order valence-corrected chi connectivity index (χ2v) is 7.85. The van der Waals surface area contributed by atoms with Gasteiger partial charge in [0.2, 0.25) is 11.5 Å². The molecule has 2 heterocycles. The van der Waals surface area contributed by atoms with Gasteiger partial charge >= 0.3 is 5.69 Å². The zero-order valence-corrected chi connectivity index (χ0v) is 19.5. The highest BCUT2D eigenvalue weighted by Gasteiger charge is 2.33. The van der Waals surface area contributed by atoms with Crippen molar-refractivity contribution in [2.75, 3.05) is 26.6 Å². The van der Waals surface area contributed by atoms with Gasteiger partial charge in [-0.1, -0.05) is 6.42 Å². The number of nitrogens with one attached hydrogen (secondary N) is 1. The first-order chi connectivity index (χ1) is 16.9. The second-order valence-electron chi connectivity index (χ2n) is 7.85. The Morgan fingerprint density at radius 2 is 1.86 bits per heavy atom. The molecule has 1 aliphatic rings. The van der Waals surface area contributed by atoms with Crippen LogP contribution in [0.25, 0.3) is 11.4 Å². The van der Waals surface area contributed by atoms with Crippen LogP contribution < -0.4 is 19.5 Å². The number of nitro benzene ring substituents is 1. The van der Waals surface area contributed by atoms with Crippen LogP contribution in [0, 0.1) is 15.9 Å². The van der Waals surface area contributed by atoms with E-state index >= 15 is 0 Å². The SMILES string of the molecule is COc1cc(C(=O)Nc2cc(-c3nnc4n3CCCCC4)ccc2F)c([N+](=O)[O-])c(OC)c1OC. The Bertz CT molecular complexity index is 1290. The number of rotatable bonds is 7. The number of methoxy groups -OCH3 is 3. The van der Waals surface area contributed by atoms with E-state index in [-0.39, 0.29) is 28.5 Å². The highest BCUT2D eigenvalue weighted by Crippen LogP contribution is 2.46. The van der Waals surface area contributed by atoms with Gasteiger partial charge in [0.1, 0.15) is 17.2 Å². The van der Waals surface area contributed by atoms with Crippen molar-refractivity contribution < 1.29 is 28.3 Å². The average Bonchev–Trinajstić information content (AvgIpc) is 3.11. The predicted molar refractivity (Wildman–Crippen MR) is 124 cm³/mol. The van der Waals surface area contributed by atoms with Gasteiger partial charge in [0.25, 0.3) is 5.91 Å². The summed E-state index contributed by atoms with van der Waals surface area (Å²) in [6.07, 6.45) is 3.90. The third-order valence-corrected chi connectivity index (χ3v) is 5.81. The molecule has 184 valence electrons. The highest BCUT2D eigenvalue weighted by atomic mass is 19.1. The normalized spacial score (nSPS) is 12.9. The van der Waals surface area contributed by atoms with Crippen LogP contribution in [0.2, 0.25) is 0 Å². The Labute approximate surface area is 200 Å². The maximum Gasteiger partial charge on any atom is 0.327 e. The largest absolute Gasteiger partial charge is 0.493 e. The van der Waals surface area contributed by atoms with Crippen LogP contribution in [0.5, 0.6) is 17.2 Å². The molecule has 1 aromatic heterocycles. The summed E-state index contributed by atoms with van der Waals surface area (Å²) in [5, 5.41) is 22.8. The number of carbonyl (C=O) groups is 1. The molecule has 0 radical (unpaired) electrons. The van der Waals surface area contributed by atoms with Crippen LogP contribution in [0.3, 0.4) is 0 Å². The topological polar surface area (TPSA) is 131 Å². The van der Waals surface area contributed by atoms with Gasteiger partial charge in [0, 0.05) is 24.6 Å². The summed E-state index contributed by atoms with van der Waals surface area (Å²) in [6, 6.07) is 5.33. The van der Waals surface area contributed by atoms with Gasteiger partial charge in [-0.15, -0.1) is 10.2 Å². The van der Waals surface area contributed by atoms with E-state index in [0.29, 0.717) is 11.4 Å². The van der Waals surface area contributed by atoms with Crippen LogP contribution in [-0.4, -0.2) is 46.9 Å². The number of amides is 1. The Kier molecular flexibility index (Phi) is 6.80. The third-order valence-electron chi connectivity index (χ3n) is 5.81. The molecule has 0 aliphatic carbocycles. The van der Waals surface area contributed by atoms with E-state index < -0.39 is 22.3 Å². The van der Waals surface area contributed by atoms with Crippen LogP contribution in [0.15, 0.2) is 24.3 Å². The van der Waals surface area contributed by atoms with Crippen molar-refractivity contribution in [1.82, 2.24) is 14.8 Å². The van der Waals surface area contributed by atoms with E-state index in [1.165, 1.54) is 33.5 Å². The third kappa shape index (κ3) is 4.46. The summed E-state index contributed by atoms with van der Waals surface area (Å²) in [4.78, 5) is 24.2. The molecule has 0 fully saturated rings. The van der Waals surface area contributed by atoms with E-state index in [4.69, 9.17) is 14.2 Å². The Hall–Kier alpha value is -4.22. The maximum atomic E-state index is 14.7. The Morgan fingerprint density at radius 3 is 2.54 bits per heavy atom. The van der Waals surface area contributed by atoms with Crippen LogP contribution in [0.4, 0.5) is 15.8 Å². The Balaban J connectivity index is 1.74. The number of hydrogen-bond donors (Lipinski definition) is 1. The first kappa shape index (κ1) is 23.9. The van der Waals surface area contributed by atoms with Crippen molar-refractivity contribution in [2.24, 2.45) is 0 Å². The predicted octanol–water partition coefficient (Wildman–Crippen LogP) is 4.00. The van der Waals surface area contributed by atoms with Crippen molar-refractivity contribution in [1.29, 1.82) is 0 Å². The van der Waals surface area contributed by atoms with Gasteiger partial charge in [-0.05, 0) is 31.0 Å². The number of fused-ring (bicyclic) bond motifs is 1. The van der Waals surface area contributed by atoms with E-state index in [1.54, 1.807) is 6.07 Å². The highest BCUT2D eigenvalue weighted by molar-refractivity contribution is 6.08. The van der Waals surface area contributed by atoms with Crippen molar-refractivity contribution in [3.05, 3.63) is 51.6 Å². The summed E-state index contributed by atoms with van der Waals surface area (Å²) >= 11 is 0. The lowest BCUT2D eigenvalue weighted by molar-refractivity contribution is -0.386. The number of nitrogens with zero attached hydrogens (tertiary/aromatic N) is 4. The molecule has 0 bridgehead atoms. The lowest BCUT2D eigenvalue weighted by atomic mass is 10.1. The van der Waals surface area contributed by atoms with E-state index in [2.05, 4.69) is 15.5 Å². The van der Waals surface area contributed by atoms with Gasteiger partial charge in [0.15, 0.2) is 11.6 Å². The molecule has 3 aromatic rings. The van der Waals surface area contributed by atoms with Gasteiger partial charge in [-0.3, -0.25) is 14.9 Å². The van der Waals surface area contributed by atoms with Crippen LogP contribution >= 0.6 is 0 Å². The minimum absolute atomic E-state index is 0.0421. The number of anilines is 1. The molecular formula is C23H24FN5O6. The van der Waals surface area contributed by atoms with Crippen molar-refractivity contribution in [2.45, 2.75) is 32.2 Å². The quantitative estimate of drug-likeness (QED) is 0.393. The minimum Gasteiger partial charge on any atom is -0.493 e. The first-order valence-corrected chi connectivity index (χ1v) is 10.9. The standard InChI is InChI=1S/C23H24FN5O6/c1-33-17-12-14(19(29(31)32)21(35-3)20(17)34-2)23(30)25-16-11-13(8-9-15(16)24)22-27-26-18-7-5-4-6-10-28(18)22/h8-9,11-12H,4-7,10H2,1-3H3,(H,25,30). The lowest BCUT2D eigenvalue weighted by Gasteiger charge is -2.15. The fourth-order valence-corrected chi connectivity index (χ4v) is 4.14. The summed E-state index contributed by atoms with van der Waals surface area (Å²) in [5.74, 6) is -0.502. The second kappa shape index (κ2) is 9.95. The molecule has 0 atom stereocenters. The van der Waals surface area contributed by atoms with Crippen LogP contribution in [0.1, 0.15) is 35.4 Å². The summed E-state index contributed by atoms with van der Waals surface area (Å²) in [6.45, 7) is 0.744. The Morgan fingerprint density at radius 1 is 1.09 bits per heavy atom. The fourth-order valence-electron chi connectivity index (χ4n) is 4.14. The summed E-state index contributed by atoms with van der Waals surface area (Å²) in [5.41, 5.74) is -0.629. The molecule has 2 aromatic carbocycles. The molecule has 1 aliphatic heterocycles. The minimum atomic E-state index is -0.924. The first-order valence-electron chi connectivity index (χ1n) is 10.9. The molecule has 11 nitrogen and oxygen atoms in total. The molecule has 12 heteroatoms. The number of aryl methyl sites for hydroxylation is 1. The summed E-state index contributed by atoms with van der Waals surface area (Å²) < 4.78 is 32.2. The number of aromatic nitrogens is 3.